The molecule has 25 heavy (non-hydrogen) atoms. The molecule has 0 saturated heterocycles. The molecule has 0 aliphatic carbocycles. The van der Waals surface area contributed by atoms with Gasteiger partial charge in [0.15, 0.2) is 6.29 Å². The normalized spacial score (nSPS) is 11.5. The van der Waals surface area contributed by atoms with Gasteiger partial charge >= 0.3 is 6.09 Å². The second-order valence-corrected chi connectivity index (χ2v) is 6.76. The van der Waals surface area contributed by atoms with E-state index in [-0.39, 0.29) is 5.82 Å². The molecule has 0 saturated carbocycles. The summed E-state index contributed by atoms with van der Waals surface area (Å²) in [5.74, 6) is -0.390. The SMILES string of the molecule is CC(C)(C)OC(=O)n1cc(-c2cccc(F)c2)c2c(C=O)cccc21. The zero-order chi connectivity index (χ0) is 18.2. The van der Waals surface area contributed by atoms with E-state index in [0.29, 0.717) is 27.6 Å². The van der Waals surface area contributed by atoms with Crippen molar-refractivity contribution in [3.8, 4) is 11.1 Å². The molecule has 0 unspecified atom stereocenters. The number of rotatable bonds is 2. The largest absolute Gasteiger partial charge is 0.443 e. The summed E-state index contributed by atoms with van der Waals surface area (Å²) in [6.07, 6.45) is 1.76. The predicted octanol–water partition coefficient (Wildman–Crippen LogP) is 5.04. The second kappa shape index (κ2) is 6.16. The highest BCUT2D eigenvalue weighted by molar-refractivity contribution is 6.08. The molecule has 0 N–H and O–H groups in total. The molecule has 5 heteroatoms. The Kier molecular flexibility index (Phi) is 4.17. The minimum absolute atomic E-state index is 0.390. The maximum Gasteiger partial charge on any atom is 0.419 e. The summed E-state index contributed by atoms with van der Waals surface area (Å²) < 4.78 is 20.5. The molecule has 0 atom stereocenters. The fourth-order valence-corrected chi connectivity index (χ4v) is 2.75. The summed E-state index contributed by atoms with van der Waals surface area (Å²) >= 11 is 0. The van der Waals surface area contributed by atoms with Crippen LogP contribution in [0.3, 0.4) is 0 Å². The molecule has 0 spiro atoms. The van der Waals surface area contributed by atoms with E-state index >= 15 is 0 Å². The maximum atomic E-state index is 13.7. The van der Waals surface area contributed by atoms with Gasteiger partial charge in [-0.1, -0.05) is 24.3 Å². The number of aromatic nitrogens is 1. The van der Waals surface area contributed by atoms with E-state index in [1.807, 2.05) is 0 Å². The number of carbonyl (C=O) groups excluding carboxylic acids is 2. The van der Waals surface area contributed by atoms with Crippen LogP contribution in [0.1, 0.15) is 31.1 Å². The maximum absolute atomic E-state index is 13.7. The standard InChI is InChI=1S/C20H18FNO3/c1-20(2,3)25-19(24)22-11-16(13-6-4-8-15(21)10-13)18-14(12-23)7-5-9-17(18)22/h4-12H,1-3H3. The van der Waals surface area contributed by atoms with Gasteiger partial charge in [-0.2, -0.15) is 0 Å². The van der Waals surface area contributed by atoms with Crippen LogP contribution >= 0.6 is 0 Å². The van der Waals surface area contributed by atoms with Crippen molar-refractivity contribution < 1.29 is 18.7 Å². The van der Waals surface area contributed by atoms with E-state index in [0.717, 1.165) is 6.29 Å². The van der Waals surface area contributed by atoms with E-state index in [4.69, 9.17) is 4.74 Å². The summed E-state index contributed by atoms with van der Waals surface area (Å²) in [4.78, 5) is 24.0. The number of hydrogen-bond donors (Lipinski definition) is 0. The Hall–Kier alpha value is -2.95. The average Bonchev–Trinajstić information content (AvgIpc) is 2.93. The molecule has 3 rings (SSSR count). The number of nitrogens with zero attached hydrogens (tertiary/aromatic N) is 1. The molecule has 2 aromatic carbocycles. The van der Waals surface area contributed by atoms with Crippen LogP contribution in [0.15, 0.2) is 48.7 Å². The molecule has 0 amide bonds. The first-order chi connectivity index (χ1) is 11.8. The zero-order valence-corrected chi connectivity index (χ0v) is 14.2. The zero-order valence-electron chi connectivity index (χ0n) is 14.2. The minimum Gasteiger partial charge on any atom is -0.443 e. The molecule has 3 aromatic rings. The van der Waals surface area contributed by atoms with E-state index < -0.39 is 11.7 Å². The molecule has 1 aromatic heterocycles. The van der Waals surface area contributed by atoms with Gasteiger partial charge < -0.3 is 4.74 Å². The first kappa shape index (κ1) is 16.9. The molecule has 4 nitrogen and oxygen atoms in total. The average molecular weight is 339 g/mol. The molecule has 0 bridgehead atoms. The third kappa shape index (κ3) is 3.31. The Morgan fingerprint density at radius 1 is 1.16 bits per heavy atom. The summed E-state index contributed by atoms with van der Waals surface area (Å²) in [6, 6.07) is 11.1. The number of hydrogen-bond acceptors (Lipinski definition) is 3. The molecule has 0 aliphatic rings. The lowest BCUT2D eigenvalue weighted by Crippen LogP contribution is -2.26. The lowest BCUT2D eigenvalue weighted by molar-refractivity contribution is 0.0544. The van der Waals surface area contributed by atoms with Gasteiger partial charge in [0.05, 0.1) is 5.52 Å². The summed E-state index contributed by atoms with van der Waals surface area (Å²) in [6.45, 7) is 5.34. The Morgan fingerprint density at radius 2 is 1.88 bits per heavy atom. The van der Waals surface area contributed by atoms with Crippen LogP contribution in [-0.4, -0.2) is 22.5 Å². The molecular formula is C20H18FNO3. The van der Waals surface area contributed by atoms with Gasteiger partial charge in [0.25, 0.3) is 0 Å². The van der Waals surface area contributed by atoms with Crippen molar-refractivity contribution in [2.24, 2.45) is 0 Å². The number of benzene rings is 2. The van der Waals surface area contributed by atoms with Crippen molar-refractivity contribution in [1.29, 1.82) is 0 Å². The Labute approximate surface area is 144 Å². The van der Waals surface area contributed by atoms with Gasteiger partial charge in [-0.3, -0.25) is 9.36 Å². The van der Waals surface area contributed by atoms with Crippen LogP contribution < -0.4 is 0 Å². The van der Waals surface area contributed by atoms with Crippen molar-refractivity contribution in [3.05, 3.63) is 60.0 Å². The van der Waals surface area contributed by atoms with Gasteiger partial charge in [0.2, 0.25) is 0 Å². The monoisotopic (exact) mass is 339 g/mol. The molecule has 0 fully saturated rings. The third-order valence-corrected chi connectivity index (χ3v) is 3.71. The van der Waals surface area contributed by atoms with Crippen LogP contribution in [0, 0.1) is 5.82 Å². The second-order valence-electron chi connectivity index (χ2n) is 6.76. The number of halogens is 1. The van der Waals surface area contributed by atoms with Crippen LogP contribution in [0.5, 0.6) is 0 Å². The van der Waals surface area contributed by atoms with Crippen molar-refractivity contribution in [2.75, 3.05) is 0 Å². The van der Waals surface area contributed by atoms with Crippen molar-refractivity contribution in [3.63, 3.8) is 0 Å². The highest BCUT2D eigenvalue weighted by Crippen LogP contribution is 2.33. The minimum atomic E-state index is -0.658. The lowest BCUT2D eigenvalue weighted by atomic mass is 10.0. The lowest BCUT2D eigenvalue weighted by Gasteiger charge is -2.19. The van der Waals surface area contributed by atoms with Gasteiger partial charge in [-0.25, -0.2) is 9.18 Å². The Bertz CT molecular complexity index is 967. The summed E-state index contributed by atoms with van der Waals surface area (Å²) in [7, 11) is 0. The van der Waals surface area contributed by atoms with Crippen LogP contribution in [0.4, 0.5) is 9.18 Å². The third-order valence-electron chi connectivity index (χ3n) is 3.71. The van der Waals surface area contributed by atoms with Crippen molar-refractivity contribution >= 4 is 23.3 Å². The van der Waals surface area contributed by atoms with E-state index in [2.05, 4.69) is 0 Å². The smallest absolute Gasteiger partial charge is 0.419 e. The van der Waals surface area contributed by atoms with Gasteiger partial charge in [-0.05, 0) is 44.5 Å². The molecule has 128 valence electrons. The van der Waals surface area contributed by atoms with E-state index in [1.165, 1.54) is 16.7 Å². The Balaban J connectivity index is 2.27. The number of carbonyl (C=O) groups is 2. The van der Waals surface area contributed by atoms with E-state index in [9.17, 15) is 14.0 Å². The predicted molar refractivity (Wildman–Crippen MR) is 94.4 cm³/mol. The van der Waals surface area contributed by atoms with Gasteiger partial charge in [-0.15, -0.1) is 0 Å². The summed E-state index contributed by atoms with van der Waals surface area (Å²) in [5.41, 5.74) is 1.50. The highest BCUT2D eigenvalue weighted by Gasteiger charge is 2.22. The number of ether oxygens (including phenoxy) is 1. The van der Waals surface area contributed by atoms with Crippen LogP contribution in [0.2, 0.25) is 0 Å². The molecule has 1 heterocycles. The van der Waals surface area contributed by atoms with Crippen LogP contribution in [-0.2, 0) is 4.74 Å². The topological polar surface area (TPSA) is 48.3 Å². The number of fused-ring (bicyclic) bond motifs is 1. The first-order valence-corrected chi connectivity index (χ1v) is 7.89. The number of aldehydes is 1. The Morgan fingerprint density at radius 3 is 2.52 bits per heavy atom. The molecule has 0 aliphatic heterocycles. The fraction of sp³-hybridized carbons (Fsp3) is 0.200. The summed E-state index contributed by atoms with van der Waals surface area (Å²) in [5, 5.41) is 0.592. The first-order valence-electron chi connectivity index (χ1n) is 7.89. The fourth-order valence-electron chi connectivity index (χ4n) is 2.75. The van der Waals surface area contributed by atoms with Crippen molar-refractivity contribution in [2.45, 2.75) is 26.4 Å². The van der Waals surface area contributed by atoms with Crippen molar-refractivity contribution in [1.82, 2.24) is 4.57 Å². The van der Waals surface area contributed by atoms with Gasteiger partial charge in [0, 0.05) is 22.7 Å². The van der Waals surface area contributed by atoms with Crippen LogP contribution in [0.25, 0.3) is 22.0 Å². The van der Waals surface area contributed by atoms with Gasteiger partial charge in [0.1, 0.15) is 11.4 Å². The van der Waals surface area contributed by atoms with E-state index in [1.54, 1.807) is 57.3 Å². The highest BCUT2D eigenvalue weighted by atomic mass is 19.1. The quantitative estimate of drug-likeness (QED) is 0.614. The molecular weight excluding hydrogens is 321 g/mol. The molecule has 0 radical (unpaired) electrons.